The molecule has 0 radical (unpaired) electrons. The normalized spacial score (nSPS) is 10.6. The number of hydrogen-bond acceptors (Lipinski definition) is 7. The number of thiol groups is 1. The van der Waals surface area contributed by atoms with Crippen LogP contribution in [0.5, 0.6) is 5.75 Å². The molecule has 0 fully saturated rings. The van der Waals surface area contributed by atoms with Crippen LogP contribution < -0.4 is 14.9 Å². The number of pyridine rings is 1. The molecular formula is C16H15ClN6O2S. The molecule has 0 spiro atoms. The van der Waals surface area contributed by atoms with Crippen LogP contribution in [0.25, 0.3) is 11.2 Å². The number of fused-ring (bicyclic) bond motifs is 1. The van der Waals surface area contributed by atoms with E-state index in [2.05, 4.69) is 38.4 Å². The van der Waals surface area contributed by atoms with E-state index >= 15 is 0 Å². The number of phenols is 1. The van der Waals surface area contributed by atoms with Gasteiger partial charge in [0.05, 0.1) is 11.9 Å². The van der Waals surface area contributed by atoms with Crippen LogP contribution in [0.4, 0.5) is 22.1 Å². The Balaban J connectivity index is 1.92. The maximum Gasteiger partial charge on any atom is 0.333 e. The number of phenolic OH excluding ortho intramolecular Hbond substituents is 1. The topological polar surface area (TPSA) is 103 Å². The fourth-order valence-electron chi connectivity index (χ4n) is 2.14. The highest BCUT2D eigenvalue weighted by atomic mass is 35.5. The van der Waals surface area contributed by atoms with Crippen LogP contribution in [0.15, 0.2) is 36.5 Å². The van der Waals surface area contributed by atoms with Crippen molar-refractivity contribution < 1.29 is 9.90 Å². The van der Waals surface area contributed by atoms with E-state index in [9.17, 15) is 9.90 Å². The minimum atomic E-state index is -0.395. The first kappa shape index (κ1) is 18.0. The Morgan fingerprint density at radius 3 is 2.88 bits per heavy atom. The van der Waals surface area contributed by atoms with E-state index in [1.165, 1.54) is 12.3 Å². The zero-order valence-corrected chi connectivity index (χ0v) is 15.3. The number of nitrogens with one attached hydrogen (secondary N) is 2. The minimum absolute atomic E-state index is 0.0239. The molecule has 3 rings (SSSR count). The second-order valence-corrected chi connectivity index (χ2v) is 6.04. The molecule has 0 saturated heterocycles. The summed E-state index contributed by atoms with van der Waals surface area (Å²) in [5.74, 6) is 0.697. The Bertz CT molecular complexity index is 971. The van der Waals surface area contributed by atoms with E-state index in [0.717, 1.165) is 4.31 Å². The predicted molar refractivity (Wildman–Crippen MR) is 104 cm³/mol. The summed E-state index contributed by atoms with van der Waals surface area (Å²) in [7, 11) is 0. The van der Waals surface area contributed by atoms with Gasteiger partial charge in [0.1, 0.15) is 17.1 Å². The average molecular weight is 391 g/mol. The number of urea groups is 1. The van der Waals surface area contributed by atoms with E-state index in [0.29, 0.717) is 40.1 Å². The Morgan fingerprint density at radius 2 is 2.12 bits per heavy atom. The van der Waals surface area contributed by atoms with Crippen LogP contribution in [-0.2, 0) is 0 Å². The molecule has 0 aliphatic heterocycles. The van der Waals surface area contributed by atoms with E-state index in [-0.39, 0.29) is 5.75 Å². The number of amides is 2. The molecule has 0 aliphatic rings. The lowest BCUT2D eigenvalue weighted by Gasteiger charge is -2.15. The van der Waals surface area contributed by atoms with Crippen LogP contribution in [-0.4, -0.2) is 32.6 Å². The van der Waals surface area contributed by atoms with Gasteiger partial charge < -0.3 is 15.7 Å². The molecule has 10 heteroatoms. The highest BCUT2D eigenvalue weighted by Crippen LogP contribution is 2.29. The van der Waals surface area contributed by atoms with Crippen molar-refractivity contribution >= 4 is 58.9 Å². The van der Waals surface area contributed by atoms with Crippen LogP contribution in [0.3, 0.4) is 0 Å². The molecule has 3 N–H and O–H groups in total. The number of aromatic hydroxyl groups is 1. The van der Waals surface area contributed by atoms with Crippen LogP contribution in [0.2, 0.25) is 5.02 Å². The SMILES string of the molecule is CCNC(=O)N(S)c1ccc2ncc(Nc3cc(Cl)ccc3O)nc2n1. The molecule has 0 unspecified atom stereocenters. The van der Waals surface area contributed by atoms with Crippen molar-refractivity contribution in [2.24, 2.45) is 0 Å². The molecule has 134 valence electrons. The number of hydrogen-bond donors (Lipinski definition) is 4. The summed E-state index contributed by atoms with van der Waals surface area (Å²) in [6.45, 7) is 2.28. The summed E-state index contributed by atoms with van der Waals surface area (Å²) in [6.07, 6.45) is 1.51. The monoisotopic (exact) mass is 390 g/mol. The van der Waals surface area contributed by atoms with Crippen molar-refractivity contribution in [3.63, 3.8) is 0 Å². The van der Waals surface area contributed by atoms with E-state index < -0.39 is 6.03 Å². The number of halogens is 1. The molecule has 0 aliphatic carbocycles. The highest BCUT2D eigenvalue weighted by molar-refractivity contribution is 7.82. The zero-order chi connectivity index (χ0) is 18.7. The Kier molecular flexibility index (Phi) is 5.29. The molecule has 0 bridgehead atoms. The maximum atomic E-state index is 11.9. The highest BCUT2D eigenvalue weighted by Gasteiger charge is 2.14. The first-order chi connectivity index (χ1) is 12.5. The summed E-state index contributed by atoms with van der Waals surface area (Å²) in [5.41, 5.74) is 1.25. The lowest BCUT2D eigenvalue weighted by molar-refractivity contribution is 0.250. The summed E-state index contributed by atoms with van der Waals surface area (Å²) in [6, 6.07) is 7.53. The summed E-state index contributed by atoms with van der Waals surface area (Å²) in [4.78, 5) is 24.8. The molecule has 2 amide bonds. The second kappa shape index (κ2) is 7.63. The van der Waals surface area contributed by atoms with E-state index in [1.54, 1.807) is 24.3 Å². The van der Waals surface area contributed by atoms with Gasteiger partial charge in [-0.25, -0.2) is 24.1 Å². The number of carbonyl (C=O) groups excluding carboxylic acids is 1. The first-order valence-electron chi connectivity index (χ1n) is 7.64. The lowest BCUT2D eigenvalue weighted by atomic mass is 10.3. The number of rotatable bonds is 4. The average Bonchev–Trinajstić information content (AvgIpc) is 2.63. The van der Waals surface area contributed by atoms with Crippen molar-refractivity contribution in [2.75, 3.05) is 16.2 Å². The molecule has 3 aromatic rings. The predicted octanol–water partition coefficient (Wildman–Crippen LogP) is 3.51. The summed E-state index contributed by atoms with van der Waals surface area (Å²) in [5, 5.41) is 15.9. The Morgan fingerprint density at radius 1 is 1.31 bits per heavy atom. The molecule has 26 heavy (non-hydrogen) atoms. The van der Waals surface area contributed by atoms with Gasteiger partial charge in [-0.05, 0) is 37.3 Å². The fraction of sp³-hybridized carbons (Fsp3) is 0.125. The van der Waals surface area contributed by atoms with Gasteiger partial charge >= 0.3 is 6.03 Å². The zero-order valence-electron chi connectivity index (χ0n) is 13.6. The van der Waals surface area contributed by atoms with Gasteiger partial charge in [-0.1, -0.05) is 24.4 Å². The molecule has 2 aromatic heterocycles. The van der Waals surface area contributed by atoms with Gasteiger partial charge in [0, 0.05) is 11.6 Å². The van der Waals surface area contributed by atoms with Crippen molar-refractivity contribution in [1.82, 2.24) is 20.3 Å². The largest absolute Gasteiger partial charge is 0.506 e. The Labute approximate surface area is 159 Å². The number of nitrogens with zero attached hydrogens (tertiary/aromatic N) is 4. The van der Waals surface area contributed by atoms with Crippen molar-refractivity contribution in [3.05, 3.63) is 41.6 Å². The van der Waals surface area contributed by atoms with Crippen molar-refractivity contribution in [1.29, 1.82) is 0 Å². The number of carbonyl (C=O) groups is 1. The van der Waals surface area contributed by atoms with Crippen molar-refractivity contribution in [2.45, 2.75) is 6.92 Å². The third-order valence-corrected chi connectivity index (χ3v) is 3.97. The van der Waals surface area contributed by atoms with E-state index in [4.69, 9.17) is 11.6 Å². The third kappa shape index (κ3) is 3.89. The smallest absolute Gasteiger partial charge is 0.333 e. The van der Waals surface area contributed by atoms with Gasteiger partial charge in [-0.2, -0.15) is 0 Å². The summed E-state index contributed by atoms with van der Waals surface area (Å²) < 4.78 is 1.09. The number of anilines is 3. The standard InChI is InChI=1S/C16H15ClN6O2S/c1-2-18-16(25)23(26)14-6-4-10-15(22-14)21-13(8-19-10)20-11-7-9(17)3-5-12(11)24/h3-8,24,26H,2H2,1H3,(H,18,25)(H,20,21,22). The molecule has 0 atom stereocenters. The van der Waals surface area contributed by atoms with Gasteiger partial charge in [0.2, 0.25) is 0 Å². The van der Waals surface area contributed by atoms with Crippen LogP contribution in [0.1, 0.15) is 6.92 Å². The van der Waals surface area contributed by atoms with Gasteiger partial charge in [0.25, 0.3) is 0 Å². The lowest BCUT2D eigenvalue weighted by Crippen LogP contribution is -2.34. The molecule has 1 aromatic carbocycles. The number of benzene rings is 1. The van der Waals surface area contributed by atoms with Crippen molar-refractivity contribution in [3.8, 4) is 5.75 Å². The molecule has 2 heterocycles. The maximum absolute atomic E-state index is 11.9. The van der Waals surface area contributed by atoms with Crippen LogP contribution in [0, 0.1) is 0 Å². The molecule has 8 nitrogen and oxygen atoms in total. The quantitative estimate of drug-likeness (QED) is 0.401. The van der Waals surface area contributed by atoms with Gasteiger partial charge in [0.15, 0.2) is 11.5 Å². The van der Waals surface area contributed by atoms with Crippen LogP contribution >= 0.6 is 24.4 Å². The fourth-order valence-corrected chi connectivity index (χ4v) is 2.50. The number of aromatic nitrogens is 3. The third-order valence-electron chi connectivity index (χ3n) is 3.35. The van der Waals surface area contributed by atoms with E-state index in [1.807, 2.05) is 6.92 Å². The van der Waals surface area contributed by atoms with Gasteiger partial charge in [-0.3, -0.25) is 0 Å². The van der Waals surface area contributed by atoms with Gasteiger partial charge in [-0.15, -0.1) is 0 Å². The molecular weight excluding hydrogens is 376 g/mol. The first-order valence-corrected chi connectivity index (χ1v) is 8.42. The Hall–Kier alpha value is -2.78. The minimum Gasteiger partial charge on any atom is -0.506 e. The summed E-state index contributed by atoms with van der Waals surface area (Å²) >= 11 is 10.1. The molecule has 0 saturated carbocycles. The second-order valence-electron chi connectivity index (χ2n) is 5.20.